The van der Waals surface area contributed by atoms with Gasteiger partial charge in [0.1, 0.15) is 5.82 Å². The molecule has 1 N–H and O–H groups in total. The van der Waals surface area contributed by atoms with Gasteiger partial charge in [-0.05, 0) is 61.5 Å². The molecule has 0 radical (unpaired) electrons. The van der Waals surface area contributed by atoms with Crippen molar-refractivity contribution in [3.63, 3.8) is 0 Å². The number of nitrogens with zero attached hydrogens (tertiary/aromatic N) is 1. The van der Waals surface area contributed by atoms with E-state index in [0.29, 0.717) is 11.8 Å². The molecule has 0 aliphatic rings. The summed E-state index contributed by atoms with van der Waals surface area (Å²) in [6, 6.07) is 14.8. The summed E-state index contributed by atoms with van der Waals surface area (Å²) in [5.41, 5.74) is 0.280. The summed E-state index contributed by atoms with van der Waals surface area (Å²) < 4.78 is 79.9. The Kier molecular flexibility index (Phi) is 7.06. The summed E-state index contributed by atoms with van der Waals surface area (Å²) in [5, 5.41) is 2.53. The third-order valence-corrected chi connectivity index (χ3v) is 6.56. The van der Waals surface area contributed by atoms with Crippen LogP contribution in [0.2, 0.25) is 0 Å². The third-order valence-electron chi connectivity index (χ3n) is 4.74. The number of carbonyl (C=O) groups excluding carboxylic acids is 1. The fourth-order valence-electron chi connectivity index (χ4n) is 3.02. The van der Waals surface area contributed by atoms with Crippen LogP contribution in [0.5, 0.6) is 0 Å². The van der Waals surface area contributed by atoms with Crippen LogP contribution in [0.4, 0.5) is 28.9 Å². The van der Waals surface area contributed by atoms with Gasteiger partial charge in [-0.25, -0.2) is 12.8 Å². The fourth-order valence-corrected chi connectivity index (χ4v) is 4.53. The minimum Gasteiger partial charge on any atom is -0.326 e. The fraction of sp³-hybridized carbons (Fsp3) is 0.174. The highest BCUT2D eigenvalue weighted by Crippen LogP contribution is 2.32. The predicted octanol–water partition coefficient (Wildman–Crippen LogP) is 5.38. The Bertz CT molecular complexity index is 1230. The van der Waals surface area contributed by atoms with Crippen molar-refractivity contribution in [1.82, 2.24) is 0 Å². The first-order chi connectivity index (χ1) is 15.5. The van der Waals surface area contributed by atoms with E-state index < -0.39 is 38.4 Å². The molecule has 0 unspecified atom stereocenters. The van der Waals surface area contributed by atoms with Crippen LogP contribution < -0.4 is 9.62 Å². The Morgan fingerprint density at radius 2 is 1.61 bits per heavy atom. The van der Waals surface area contributed by atoms with Gasteiger partial charge in [-0.3, -0.25) is 9.10 Å². The van der Waals surface area contributed by atoms with Crippen molar-refractivity contribution >= 4 is 27.3 Å². The van der Waals surface area contributed by atoms with Gasteiger partial charge in [0.2, 0.25) is 5.91 Å². The zero-order chi connectivity index (χ0) is 24.2. The van der Waals surface area contributed by atoms with Crippen LogP contribution in [-0.2, 0) is 21.0 Å². The van der Waals surface area contributed by atoms with E-state index in [2.05, 4.69) is 5.32 Å². The summed E-state index contributed by atoms with van der Waals surface area (Å²) in [7, 11) is -4.42. The van der Waals surface area contributed by atoms with Gasteiger partial charge in [0.05, 0.1) is 16.1 Å². The molecule has 0 saturated heterocycles. The molecular formula is C23H20F4N2O3S. The van der Waals surface area contributed by atoms with E-state index in [1.54, 1.807) is 19.1 Å². The second-order valence-corrected chi connectivity index (χ2v) is 9.11. The number of rotatable bonds is 7. The van der Waals surface area contributed by atoms with Crippen LogP contribution in [0.25, 0.3) is 0 Å². The van der Waals surface area contributed by atoms with Gasteiger partial charge in [0, 0.05) is 18.7 Å². The van der Waals surface area contributed by atoms with Crippen LogP contribution in [0.1, 0.15) is 17.5 Å². The molecule has 3 aromatic rings. The molecule has 33 heavy (non-hydrogen) atoms. The molecule has 174 valence electrons. The molecule has 0 bridgehead atoms. The monoisotopic (exact) mass is 480 g/mol. The molecule has 0 aromatic heterocycles. The summed E-state index contributed by atoms with van der Waals surface area (Å²) in [6.45, 7) is 1.47. The lowest BCUT2D eigenvalue weighted by atomic mass is 10.2. The first kappa shape index (κ1) is 24.2. The normalized spacial score (nSPS) is 11.8. The smallest absolute Gasteiger partial charge is 0.326 e. The number of aryl methyl sites for hydroxylation is 1. The van der Waals surface area contributed by atoms with Gasteiger partial charge in [-0.15, -0.1) is 0 Å². The lowest BCUT2D eigenvalue weighted by molar-refractivity contribution is -0.137. The zero-order valence-electron chi connectivity index (χ0n) is 17.4. The number of sulfonamides is 1. The lowest BCUT2D eigenvalue weighted by Crippen LogP contribution is -2.34. The van der Waals surface area contributed by atoms with E-state index in [4.69, 9.17) is 0 Å². The maximum Gasteiger partial charge on any atom is 0.416 e. The van der Waals surface area contributed by atoms with Crippen molar-refractivity contribution in [3.8, 4) is 0 Å². The highest BCUT2D eigenvalue weighted by molar-refractivity contribution is 7.92. The zero-order valence-corrected chi connectivity index (χ0v) is 18.3. The number of anilines is 2. The lowest BCUT2D eigenvalue weighted by Gasteiger charge is -2.25. The Balaban J connectivity index is 1.89. The Morgan fingerprint density at radius 3 is 2.21 bits per heavy atom. The minimum absolute atomic E-state index is 0.201. The second-order valence-electron chi connectivity index (χ2n) is 7.24. The highest BCUT2D eigenvalue weighted by Gasteiger charge is 2.33. The number of nitrogens with one attached hydrogen (secondary N) is 1. The third kappa shape index (κ3) is 6.10. The Labute approximate surface area is 188 Å². The maximum atomic E-state index is 13.3. The van der Waals surface area contributed by atoms with Crippen LogP contribution in [0.3, 0.4) is 0 Å². The van der Waals surface area contributed by atoms with Crippen LogP contribution >= 0.6 is 0 Å². The minimum atomic E-state index is -4.71. The molecule has 3 aromatic carbocycles. The average molecular weight is 480 g/mol. The molecule has 0 aliphatic carbocycles. The van der Waals surface area contributed by atoms with Gasteiger partial charge in [-0.2, -0.15) is 13.2 Å². The van der Waals surface area contributed by atoms with Crippen molar-refractivity contribution in [2.75, 3.05) is 16.2 Å². The number of halogens is 4. The van der Waals surface area contributed by atoms with Crippen molar-refractivity contribution in [1.29, 1.82) is 0 Å². The van der Waals surface area contributed by atoms with Crippen molar-refractivity contribution in [2.24, 2.45) is 0 Å². The van der Waals surface area contributed by atoms with Gasteiger partial charge in [0.25, 0.3) is 10.0 Å². The molecule has 3 rings (SSSR count). The molecule has 1 amide bonds. The molecule has 0 aliphatic heterocycles. The Morgan fingerprint density at radius 1 is 0.970 bits per heavy atom. The van der Waals surface area contributed by atoms with E-state index in [-0.39, 0.29) is 18.7 Å². The number of alkyl halides is 3. The van der Waals surface area contributed by atoms with E-state index in [0.717, 1.165) is 40.2 Å². The molecule has 0 spiro atoms. The largest absolute Gasteiger partial charge is 0.416 e. The first-order valence-corrected chi connectivity index (χ1v) is 11.2. The van der Waals surface area contributed by atoms with Gasteiger partial charge in [0.15, 0.2) is 0 Å². The number of hydrogen-bond acceptors (Lipinski definition) is 3. The van der Waals surface area contributed by atoms with E-state index >= 15 is 0 Å². The van der Waals surface area contributed by atoms with Gasteiger partial charge < -0.3 is 5.32 Å². The van der Waals surface area contributed by atoms with Crippen molar-refractivity contribution in [2.45, 2.75) is 24.4 Å². The quantitative estimate of drug-likeness (QED) is 0.462. The molecule has 5 nitrogen and oxygen atoms in total. The van der Waals surface area contributed by atoms with E-state index in [1.165, 1.54) is 24.3 Å². The maximum absolute atomic E-state index is 13.3. The molecule has 0 atom stereocenters. The van der Waals surface area contributed by atoms with Crippen molar-refractivity contribution in [3.05, 3.63) is 89.7 Å². The molecule has 0 saturated carbocycles. The first-order valence-electron chi connectivity index (χ1n) is 9.79. The SMILES string of the molecule is Cc1ccc(N(CCC(=O)Nc2ccc(F)cc2)S(=O)(=O)c2cccc(C(F)(F)F)c2)cc1. The Hall–Kier alpha value is -3.40. The molecular weight excluding hydrogens is 460 g/mol. The summed E-state index contributed by atoms with van der Waals surface area (Å²) in [6.07, 6.45) is -5.00. The summed E-state index contributed by atoms with van der Waals surface area (Å²) in [5.74, 6) is -1.02. The van der Waals surface area contributed by atoms with Gasteiger partial charge >= 0.3 is 6.18 Å². The summed E-state index contributed by atoms with van der Waals surface area (Å²) in [4.78, 5) is 11.8. The standard InChI is InChI=1S/C23H20F4N2O3S/c1-16-5-11-20(12-6-16)29(14-13-22(30)28-19-9-7-18(24)8-10-19)33(31,32)21-4-2-3-17(15-21)23(25,26)27/h2-12,15H,13-14H2,1H3,(H,28,30). The average Bonchev–Trinajstić information content (AvgIpc) is 2.76. The highest BCUT2D eigenvalue weighted by atomic mass is 32.2. The molecule has 0 heterocycles. The number of carbonyl (C=O) groups is 1. The number of benzene rings is 3. The van der Waals surface area contributed by atoms with Gasteiger partial charge in [-0.1, -0.05) is 23.8 Å². The predicted molar refractivity (Wildman–Crippen MR) is 117 cm³/mol. The van der Waals surface area contributed by atoms with Crippen molar-refractivity contribution < 1.29 is 30.8 Å². The van der Waals surface area contributed by atoms with E-state index in [1.807, 2.05) is 0 Å². The number of hydrogen-bond donors (Lipinski definition) is 1. The van der Waals surface area contributed by atoms with E-state index in [9.17, 15) is 30.8 Å². The second kappa shape index (κ2) is 9.62. The molecule has 10 heteroatoms. The van der Waals surface area contributed by atoms with Crippen LogP contribution in [0.15, 0.2) is 77.7 Å². The number of amides is 1. The summed E-state index contributed by atoms with van der Waals surface area (Å²) >= 11 is 0. The van der Waals surface area contributed by atoms with Crippen LogP contribution in [0, 0.1) is 12.7 Å². The topological polar surface area (TPSA) is 66.5 Å². The molecule has 0 fully saturated rings. The van der Waals surface area contributed by atoms with Crippen LogP contribution in [-0.4, -0.2) is 20.9 Å².